The molecular weight excluding hydrogens is 214 g/mol. The van der Waals surface area contributed by atoms with Crippen LogP contribution in [-0.2, 0) is 0 Å². The zero-order valence-electron chi connectivity index (χ0n) is 10.7. The molecule has 2 aliphatic carbocycles. The first-order valence-corrected chi connectivity index (χ1v) is 8.30. The third-order valence-corrected chi connectivity index (χ3v) is 5.55. The Morgan fingerprint density at radius 3 is 2.56 bits per heavy atom. The third kappa shape index (κ3) is 3.66. The van der Waals surface area contributed by atoms with E-state index in [0.29, 0.717) is 0 Å². The van der Waals surface area contributed by atoms with Gasteiger partial charge in [-0.05, 0) is 43.9 Å². The van der Waals surface area contributed by atoms with Gasteiger partial charge in [0.25, 0.3) is 0 Å². The van der Waals surface area contributed by atoms with E-state index in [9.17, 15) is 0 Å². The van der Waals surface area contributed by atoms with Gasteiger partial charge in [-0.25, -0.2) is 0 Å². The monoisotopic (exact) mass is 241 g/mol. The van der Waals surface area contributed by atoms with Crippen molar-refractivity contribution in [3.63, 3.8) is 0 Å². The first-order valence-electron chi connectivity index (χ1n) is 7.25. The smallest absolute Gasteiger partial charge is 0.0201 e. The van der Waals surface area contributed by atoms with Crippen LogP contribution in [-0.4, -0.2) is 23.6 Å². The molecule has 0 aliphatic heterocycles. The van der Waals surface area contributed by atoms with Crippen LogP contribution in [0.3, 0.4) is 0 Å². The van der Waals surface area contributed by atoms with Crippen LogP contribution in [0.25, 0.3) is 0 Å². The number of hydrogen-bond acceptors (Lipinski definition) is 2. The van der Waals surface area contributed by atoms with E-state index in [4.69, 9.17) is 0 Å². The van der Waals surface area contributed by atoms with Crippen molar-refractivity contribution in [2.75, 3.05) is 12.3 Å². The van der Waals surface area contributed by atoms with Crippen LogP contribution in [0.4, 0.5) is 0 Å². The molecule has 94 valence electrons. The second-order valence-corrected chi connectivity index (χ2v) is 6.96. The van der Waals surface area contributed by atoms with Crippen molar-refractivity contribution >= 4 is 11.8 Å². The van der Waals surface area contributed by atoms with Crippen molar-refractivity contribution in [3.05, 3.63) is 0 Å². The number of thioether (sulfide) groups is 1. The maximum atomic E-state index is 3.87. The summed E-state index contributed by atoms with van der Waals surface area (Å²) in [6, 6.07) is 0.826. The lowest BCUT2D eigenvalue weighted by molar-refractivity contribution is 0.328. The van der Waals surface area contributed by atoms with Crippen LogP contribution in [0, 0.1) is 5.92 Å². The van der Waals surface area contributed by atoms with E-state index in [1.54, 1.807) is 0 Å². The van der Waals surface area contributed by atoms with E-state index >= 15 is 0 Å². The highest BCUT2D eigenvalue weighted by atomic mass is 32.2. The number of hydrogen-bond donors (Lipinski definition) is 1. The zero-order chi connectivity index (χ0) is 11.2. The summed E-state index contributed by atoms with van der Waals surface area (Å²) in [4.78, 5) is 0. The minimum Gasteiger partial charge on any atom is -0.313 e. The largest absolute Gasteiger partial charge is 0.313 e. The Balaban J connectivity index is 1.67. The van der Waals surface area contributed by atoms with E-state index in [-0.39, 0.29) is 0 Å². The summed E-state index contributed by atoms with van der Waals surface area (Å²) < 4.78 is 0. The molecule has 0 spiro atoms. The summed E-state index contributed by atoms with van der Waals surface area (Å²) in [7, 11) is 0. The fraction of sp³-hybridized carbons (Fsp3) is 1.00. The molecule has 2 atom stereocenters. The summed E-state index contributed by atoms with van der Waals surface area (Å²) in [5, 5.41) is 4.78. The average molecular weight is 241 g/mol. The molecule has 1 nitrogen and oxygen atoms in total. The predicted octanol–water partition coefficient (Wildman–Crippen LogP) is 3.83. The molecule has 0 radical (unpaired) electrons. The van der Waals surface area contributed by atoms with Gasteiger partial charge in [-0.3, -0.25) is 0 Å². The maximum Gasteiger partial charge on any atom is 0.0201 e. The summed E-state index contributed by atoms with van der Waals surface area (Å²) in [5.41, 5.74) is 0. The molecule has 0 amide bonds. The second kappa shape index (κ2) is 6.90. The summed E-state index contributed by atoms with van der Waals surface area (Å²) in [5.74, 6) is 2.27. The second-order valence-electron chi connectivity index (χ2n) is 5.44. The molecule has 2 heteroatoms. The van der Waals surface area contributed by atoms with Crippen molar-refractivity contribution in [2.45, 2.75) is 69.6 Å². The van der Waals surface area contributed by atoms with Crippen LogP contribution in [0.2, 0.25) is 0 Å². The fourth-order valence-electron chi connectivity index (χ4n) is 3.28. The van der Waals surface area contributed by atoms with Crippen LogP contribution < -0.4 is 5.32 Å². The lowest BCUT2D eigenvalue weighted by Crippen LogP contribution is -2.37. The molecule has 1 N–H and O–H groups in total. The van der Waals surface area contributed by atoms with Gasteiger partial charge in [0.05, 0.1) is 0 Å². The summed E-state index contributed by atoms with van der Waals surface area (Å²) in [6.07, 6.45) is 11.7. The molecule has 16 heavy (non-hydrogen) atoms. The number of nitrogens with one attached hydrogen (secondary N) is 1. The SMILES string of the molecule is CCSC1CCCC1NCC1CCCCC1. The van der Waals surface area contributed by atoms with Gasteiger partial charge in [-0.15, -0.1) is 0 Å². The lowest BCUT2D eigenvalue weighted by Gasteiger charge is -2.26. The molecule has 2 unspecified atom stereocenters. The van der Waals surface area contributed by atoms with E-state index in [2.05, 4.69) is 24.0 Å². The Morgan fingerprint density at radius 2 is 1.81 bits per heavy atom. The van der Waals surface area contributed by atoms with Gasteiger partial charge in [-0.2, -0.15) is 11.8 Å². The lowest BCUT2D eigenvalue weighted by atomic mass is 9.89. The van der Waals surface area contributed by atoms with Gasteiger partial charge in [0, 0.05) is 11.3 Å². The Kier molecular flexibility index (Phi) is 5.51. The highest BCUT2D eigenvalue weighted by molar-refractivity contribution is 7.99. The van der Waals surface area contributed by atoms with E-state index in [1.165, 1.54) is 63.7 Å². The van der Waals surface area contributed by atoms with E-state index < -0.39 is 0 Å². The normalized spacial score (nSPS) is 32.1. The Hall–Kier alpha value is 0.310. The zero-order valence-corrected chi connectivity index (χ0v) is 11.5. The minimum absolute atomic E-state index is 0.826. The highest BCUT2D eigenvalue weighted by Crippen LogP contribution is 2.30. The first kappa shape index (κ1) is 12.8. The van der Waals surface area contributed by atoms with Crippen molar-refractivity contribution in [1.29, 1.82) is 0 Å². The molecule has 0 heterocycles. The topological polar surface area (TPSA) is 12.0 Å². The Labute approximate surface area is 105 Å². The Morgan fingerprint density at radius 1 is 1.00 bits per heavy atom. The molecule has 0 saturated heterocycles. The minimum atomic E-state index is 0.826. The molecule has 0 bridgehead atoms. The fourth-order valence-corrected chi connectivity index (χ4v) is 4.51. The molecular formula is C14H27NS. The van der Waals surface area contributed by atoms with Crippen molar-refractivity contribution < 1.29 is 0 Å². The quantitative estimate of drug-likeness (QED) is 0.785. The van der Waals surface area contributed by atoms with Gasteiger partial charge < -0.3 is 5.32 Å². The standard InChI is InChI=1S/C14H27NS/c1-2-16-14-10-6-9-13(14)15-11-12-7-4-3-5-8-12/h12-15H,2-11H2,1H3. The first-order chi connectivity index (χ1) is 7.90. The molecule has 0 aromatic rings. The molecule has 0 aromatic heterocycles. The summed E-state index contributed by atoms with van der Waals surface area (Å²) >= 11 is 2.17. The van der Waals surface area contributed by atoms with E-state index in [0.717, 1.165) is 17.2 Å². The average Bonchev–Trinajstić information content (AvgIpc) is 2.76. The van der Waals surface area contributed by atoms with Crippen LogP contribution in [0.5, 0.6) is 0 Å². The molecule has 2 fully saturated rings. The van der Waals surface area contributed by atoms with Crippen molar-refractivity contribution in [2.24, 2.45) is 5.92 Å². The molecule has 2 rings (SSSR count). The van der Waals surface area contributed by atoms with Gasteiger partial charge in [0.1, 0.15) is 0 Å². The molecule has 2 saturated carbocycles. The third-order valence-electron chi connectivity index (χ3n) is 4.23. The van der Waals surface area contributed by atoms with Crippen LogP contribution in [0.15, 0.2) is 0 Å². The maximum absolute atomic E-state index is 3.87. The van der Waals surface area contributed by atoms with Crippen molar-refractivity contribution in [1.82, 2.24) is 5.32 Å². The van der Waals surface area contributed by atoms with Crippen LogP contribution in [0.1, 0.15) is 58.3 Å². The predicted molar refractivity (Wildman–Crippen MR) is 74.1 cm³/mol. The van der Waals surface area contributed by atoms with Gasteiger partial charge in [0.15, 0.2) is 0 Å². The highest BCUT2D eigenvalue weighted by Gasteiger charge is 2.27. The molecule has 0 aromatic carbocycles. The Bertz CT molecular complexity index is 189. The van der Waals surface area contributed by atoms with Gasteiger partial charge in [0.2, 0.25) is 0 Å². The van der Waals surface area contributed by atoms with Crippen LogP contribution >= 0.6 is 11.8 Å². The number of rotatable bonds is 5. The van der Waals surface area contributed by atoms with Gasteiger partial charge in [-0.1, -0.05) is 32.6 Å². The van der Waals surface area contributed by atoms with Gasteiger partial charge >= 0.3 is 0 Å². The summed E-state index contributed by atoms with van der Waals surface area (Å²) in [6.45, 7) is 3.59. The molecule has 2 aliphatic rings. The van der Waals surface area contributed by atoms with Crippen molar-refractivity contribution in [3.8, 4) is 0 Å². The van der Waals surface area contributed by atoms with E-state index in [1.807, 2.05) is 0 Å².